The fourth-order valence-electron chi connectivity index (χ4n) is 2.43. The number of methoxy groups -OCH3 is 1. The summed E-state index contributed by atoms with van der Waals surface area (Å²) in [6.45, 7) is 0. The molecule has 3 aromatic rings. The average Bonchev–Trinajstić information content (AvgIpc) is 2.61. The van der Waals surface area contributed by atoms with Crippen LogP contribution in [0.2, 0.25) is 0 Å². The van der Waals surface area contributed by atoms with Crippen LogP contribution < -0.4 is 10.2 Å². The number of non-ortho nitro benzene ring substituents is 1. The zero-order chi connectivity index (χ0) is 18.1. The van der Waals surface area contributed by atoms with Gasteiger partial charge in [0, 0.05) is 17.7 Å². The Morgan fingerprint density at radius 3 is 2.44 bits per heavy atom. The molecule has 0 unspecified atom stereocenters. The number of carbonyl (C=O) groups is 1. The number of benzene rings is 2. The van der Waals surface area contributed by atoms with Crippen LogP contribution in [0.3, 0.4) is 0 Å². The van der Waals surface area contributed by atoms with E-state index in [0.717, 1.165) is 0 Å². The summed E-state index contributed by atoms with van der Waals surface area (Å²) < 4.78 is 10.7. The first-order chi connectivity index (χ1) is 11.9. The molecule has 25 heavy (non-hydrogen) atoms. The maximum absolute atomic E-state index is 12.6. The van der Waals surface area contributed by atoms with Gasteiger partial charge in [-0.1, -0.05) is 0 Å². The van der Waals surface area contributed by atoms with Gasteiger partial charge in [-0.25, -0.2) is 4.79 Å². The van der Waals surface area contributed by atoms with Crippen molar-refractivity contribution < 1.29 is 24.0 Å². The number of hydrogen-bond donors (Lipinski definition) is 1. The highest BCUT2D eigenvalue weighted by Crippen LogP contribution is 2.29. The summed E-state index contributed by atoms with van der Waals surface area (Å²) in [6, 6.07) is 9.55. The maximum Gasteiger partial charge on any atom is 0.343 e. The van der Waals surface area contributed by atoms with Gasteiger partial charge in [0.2, 0.25) is 5.43 Å². The Balaban J connectivity index is 2.30. The number of nitro groups is 1. The number of carboxylic acid groups (broad SMARTS) is 1. The number of hydrogen-bond acceptors (Lipinski definition) is 6. The van der Waals surface area contributed by atoms with E-state index in [4.69, 9.17) is 9.15 Å². The molecule has 0 atom stereocenters. The smallest absolute Gasteiger partial charge is 0.343 e. The first kappa shape index (κ1) is 16.2. The lowest BCUT2D eigenvalue weighted by molar-refractivity contribution is -0.384. The highest BCUT2D eigenvalue weighted by Gasteiger charge is 2.22. The third-order valence-electron chi connectivity index (χ3n) is 3.65. The van der Waals surface area contributed by atoms with E-state index in [1.165, 1.54) is 43.5 Å². The first-order valence-electron chi connectivity index (χ1n) is 7.05. The summed E-state index contributed by atoms with van der Waals surface area (Å²) in [5.41, 5.74) is -0.994. The predicted molar refractivity (Wildman–Crippen MR) is 88.1 cm³/mol. The maximum atomic E-state index is 12.6. The Hall–Kier alpha value is -3.68. The molecule has 0 aliphatic carbocycles. The summed E-state index contributed by atoms with van der Waals surface area (Å²) in [5, 5.41) is 20.2. The molecule has 0 aliphatic heterocycles. The van der Waals surface area contributed by atoms with Crippen LogP contribution in [-0.2, 0) is 0 Å². The lowest BCUT2D eigenvalue weighted by atomic mass is 10.0. The van der Waals surface area contributed by atoms with Crippen molar-refractivity contribution in [3.05, 3.63) is 68.4 Å². The van der Waals surface area contributed by atoms with Crippen molar-refractivity contribution in [3.63, 3.8) is 0 Å². The Morgan fingerprint density at radius 2 is 1.88 bits per heavy atom. The molecular weight excluding hydrogens is 330 g/mol. The van der Waals surface area contributed by atoms with Crippen molar-refractivity contribution in [1.82, 2.24) is 0 Å². The van der Waals surface area contributed by atoms with E-state index >= 15 is 0 Å². The third kappa shape index (κ3) is 2.80. The SMILES string of the molecule is COc1ccc2oc(-c3ccc([N+](=O)[O-])cc3)c(C(=O)O)c(=O)c2c1. The second-order valence-electron chi connectivity index (χ2n) is 5.11. The van der Waals surface area contributed by atoms with E-state index in [1.54, 1.807) is 6.07 Å². The Morgan fingerprint density at radius 1 is 1.20 bits per heavy atom. The van der Waals surface area contributed by atoms with Crippen LogP contribution in [0.25, 0.3) is 22.3 Å². The van der Waals surface area contributed by atoms with E-state index in [2.05, 4.69) is 0 Å². The molecule has 0 spiro atoms. The van der Waals surface area contributed by atoms with Crippen LogP contribution in [0.1, 0.15) is 10.4 Å². The van der Waals surface area contributed by atoms with E-state index in [-0.39, 0.29) is 28.0 Å². The van der Waals surface area contributed by atoms with E-state index in [0.29, 0.717) is 5.75 Å². The summed E-state index contributed by atoms with van der Waals surface area (Å²) in [7, 11) is 1.42. The highest BCUT2D eigenvalue weighted by atomic mass is 16.6. The summed E-state index contributed by atoms with van der Waals surface area (Å²) in [4.78, 5) is 34.4. The second kappa shape index (κ2) is 6.08. The number of nitro benzene ring substituents is 1. The van der Waals surface area contributed by atoms with Crippen LogP contribution in [-0.4, -0.2) is 23.1 Å². The average molecular weight is 341 g/mol. The minimum Gasteiger partial charge on any atom is -0.497 e. The van der Waals surface area contributed by atoms with Crippen LogP contribution >= 0.6 is 0 Å². The van der Waals surface area contributed by atoms with Gasteiger partial charge in [-0.15, -0.1) is 0 Å². The molecule has 8 heteroatoms. The van der Waals surface area contributed by atoms with Crippen LogP contribution in [0.4, 0.5) is 5.69 Å². The molecule has 0 aliphatic rings. The lowest BCUT2D eigenvalue weighted by Crippen LogP contribution is -2.16. The van der Waals surface area contributed by atoms with Crippen molar-refractivity contribution in [2.75, 3.05) is 7.11 Å². The van der Waals surface area contributed by atoms with Crippen molar-refractivity contribution in [2.45, 2.75) is 0 Å². The monoisotopic (exact) mass is 341 g/mol. The number of carboxylic acids is 1. The normalized spacial score (nSPS) is 10.6. The molecule has 3 rings (SSSR count). The van der Waals surface area contributed by atoms with Gasteiger partial charge in [-0.3, -0.25) is 14.9 Å². The molecule has 1 N–H and O–H groups in total. The molecule has 0 radical (unpaired) electrons. The topological polar surface area (TPSA) is 120 Å². The van der Waals surface area contributed by atoms with Crippen molar-refractivity contribution >= 4 is 22.6 Å². The van der Waals surface area contributed by atoms with Crippen molar-refractivity contribution in [3.8, 4) is 17.1 Å². The molecule has 2 aromatic carbocycles. The van der Waals surface area contributed by atoms with Gasteiger partial charge in [0.15, 0.2) is 11.3 Å². The van der Waals surface area contributed by atoms with Gasteiger partial charge in [0.05, 0.1) is 17.4 Å². The van der Waals surface area contributed by atoms with Gasteiger partial charge in [-0.2, -0.15) is 0 Å². The number of aromatic carboxylic acids is 1. The second-order valence-corrected chi connectivity index (χ2v) is 5.11. The summed E-state index contributed by atoms with van der Waals surface area (Å²) in [6.07, 6.45) is 0. The lowest BCUT2D eigenvalue weighted by Gasteiger charge is -2.08. The number of nitrogens with zero attached hydrogens (tertiary/aromatic N) is 1. The number of rotatable bonds is 4. The number of ether oxygens (including phenoxy) is 1. The van der Waals surface area contributed by atoms with Gasteiger partial charge in [0.25, 0.3) is 5.69 Å². The quantitative estimate of drug-likeness (QED) is 0.572. The zero-order valence-corrected chi connectivity index (χ0v) is 12.9. The van der Waals surface area contributed by atoms with Crippen molar-refractivity contribution in [1.29, 1.82) is 0 Å². The standard InChI is InChI=1S/C17H11NO7/c1-24-11-6-7-13-12(8-11)15(19)14(17(20)21)16(25-13)9-2-4-10(5-3-9)18(22)23/h2-8H,1H3,(H,20,21). The Labute approximate surface area is 140 Å². The molecule has 0 saturated heterocycles. The molecule has 0 amide bonds. The Bertz CT molecular complexity index is 1050. The summed E-state index contributed by atoms with van der Waals surface area (Å²) >= 11 is 0. The first-order valence-corrected chi connectivity index (χ1v) is 7.05. The minimum atomic E-state index is -1.45. The van der Waals surface area contributed by atoms with Gasteiger partial charge < -0.3 is 14.3 Å². The molecule has 0 fully saturated rings. The van der Waals surface area contributed by atoms with E-state index < -0.39 is 21.9 Å². The summed E-state index contributed by atoms with van der Waals surface area (Å²) in [5.74, 6) is -1.23. The third-order valence-corrected chi connectivity index (χ3v) is 3.65. The minimum absolute atomic E-state index is 0.0717. The molecule has 0 bridgehead atoms. The molecule has 126 valence electrons. The van der Waals surface area contributed by atoms with Crippen LogP contribution in [0.5, 0.6) is 5.75 Å². The van der Waals surface area contributed by atoms with E-state index in [1.807, 2.05) is 0 Å². The van der Waals surface area contributed by atoms with Crippen molar-refractivity contribution in [2.24, 2.45) is 0 Å². The van der Waals surface area contributed by atoms with Gasteiger partial charge in [-0.05, 0) is 30.3 Å². The highest BCUT2D eigenvalue weighted by molar-refractivity contribution is 5.98. The number of fused-ring (bicyclic) bond motifs is 1. The largest absolute Gasteiger partial charge is 0.497 e. The molecule has 1 aromatic heterocycles. The van der Waals surface area contributed by atoms with Crippen LogP contribution in [0, 0.1) is 10.1 Å². The molecule has 8 nitrogen and oxygen atoms in total. The molecule has 1 heterocycles. The fourth-order valence-corrected chi connectivity index (χ4v) is 2.43. The zero-order valence-electron chi connectivity index (χ0n) is 12.9. The van der Waals surface area contributed by atoms with Crippen LogP contribution in [0.15, 0.2) is 51.7 Å². The van der Waals surface area contributed by atoms with E-state index in [9.17, 15) is 24.8 Å². The van der Waals surface area contributed by atoms with Gasteiger partial charge in [0.1, 0.15) is 11.3 Å². The molecule has 0 saturated carbocycles. The molecular formula is C17H11NO7. The Kier molecular flexibility index (Phi) is 3.94. The van der Waals surface area contributed by atoms with Gasteiger partial charge >= 0.3 is 5.97 Å². The predicted octanol–water partition coefficient (Wildman–Crippen LogP) is 3.08. The fraction of sp³-hybridized carbons (Fsp3) is 0.0588.